The molecular weight excluding hydrogens is 324 g/mol. The molecular formula is C22H24N2O2. The van der Waals surface area contributed by atoms with Crippen LogP contribution < -0.4 is 4.74 Å². The van der Waals surface area contributed by atoms with Gasteiger partial charge in [0.2, 0.25) is 0 Å². The van der Waals surface area contributed by atoms with Gasteiger partial charge in [-0.2, -0.15) is 5.26 Å². The van der Waals surface area contributed by atoms with E-state index in [-0.39, 0.29) is 11.7 Å². The minimum Gasteiger partial charge on any atom is -0.496 e. The molecule has 0 aromatic heterocycles. The summed E-state index contributed by atoms with van der Waals surface area (Å²) in [6, 6.07) is 12.7. The molecule has 4 rings (SSSR count). The van der Waals surface area contributed by atoms with Gasteiger partial charge < -0.3 is 4.74 Å². The highest BCUT2D eigenvalue weighted by molar-refractivity contribution is 6.02. The van der Waals surface area contributed by atoms with Gasteiger partial charge in [0.05, 0.1) is 19.6 Å². The molecule has 1 aliphatic heterocycles. The van der Waals surface area contributed by atoms with Crippen molar-refractivity contribution < 1.29 is 9.53 Å². The van der Waals surface area contributed by atoms with Crippen LogP contribution in [0.25, 0.3) is 10.8 Å². The Balaban J connectivity index is 1.62. The van der Waals surface area contributed by atoms with Crippen molar-refractivity contribution in [3.63, 3.8) is 0 Å². The van der Waals surface area contributed by atoms with Crippen molar-refractivity contribution in [2.24, 2.45) is 5.92 Å². The molecule has 1 heterocycles. The summed E-state index contributed by atoms with van der Waals surface area (Å²) in [5, 5.41) is 11.1. The van der Waals surface area contributed by atoms with E-state index in [4.69, 9.17) is 10.00 Å². The Labute approximate surface area is 154 Å². The topological polar surface area (TPSA) is 53.3 Å². The number of nitriles is 1. The fourth-order valence-electron chi connectivity index (χ4n) is 4.21. The summed E-state index contributed by atoms with van der Waals surface area (Å²) in [5.74, 6) is 1.10. The number of hydrogen-bond donors (Lipinski definition) is 0. The first-order valence-electron chi connectivity index (χ1n) is 9.46. The SMILES string of the molecule is COc1ccc2cc(C(=O)[C@H]3CCCN(C4CC4)C3)ccc2c1CC#N. The third-order valence-corrected chi connectivity index (χ3v) is 5.74. The molecule has 4 nitrogen and oxygen atoms in total. The Kier molecular flexibility index (Phi) is 4.65. The number of piperidine rings is 1. The number of ether oxygens (including phenoxy) is 1. The number of carbonyl (C=O) groups excluding carboxylic acids is 1. The summed E-state index contributed by atoms with van der Waals surface area (Å²) >= 11 is 0. The van der Waals surface area contributed by atoms with Crippen LogP contribution in [0, 0.1) is 17.2 Å². The van der Waals surface area contributed by atoms with Crippen molar-refractivity contribution in [3.05, 3.63) is 41.5 Å². The van der Waals surface area contributed by atoms with Crippen LogP contribution in [0.3, 0.4) is 0 Å². The van der Waals surface area contributed by atoms with Crippen molar-refractivity contribution in [1.29, 1.82) is 5.26 Å². The monoisotopic (exact) mass is 348 g/mol. The molecule has 2 aromatic rings. The molecule has 0 amide bonds. The zero-order valence-corrected chi connectivity index (χ0v) is 15.2. The third kappa shape index (κ3) is 3.20. The number of rotatable bonds is 5. The maximum Gasteiger partial charge on any atom is 0.167 e. The molecule has 134 valence electrons. The molecule has 0 N–H and O–H groups in total. The van der Waals surface area contributed by atoms with Crippen LogP contribution in [0.4, 0.5) is 0 Å². The van der Waals surface area contributed by atoms with Gasteiger partial charge in [0, 0.05) is 29.6 Å². The summed E-state index contributed by atoms with van der Waals surface area (Å²) < 4.78 is 5.40. The number of fused-ring (bicyclic) bond motifs is 1. The van der Waals surface area contributed by atoms with Gasteiger partial charge in [-0.25, -0.2) is 0 Å². The summed E-state index contributed by atoms with van der Waals surface area (Å²) in [7, 11) is 1.62. The number of nitrogens with zero attached hydrogens (tertiary/aromatic N) is 2. The van der Waals surface area contributed by atoms with Gasteiger partial charge in [0.15, 0.2) is 5.78 Å². The van der Waals surface area contributed by atoms with E-state index in [9.17, 15) is 4.79 Å². The normalized spacial score (nSPS) is 20.7. The highest BCUT2D eigenvalue weighted by atomic mass is 16.5. The fraction of sp³-hybridized carbons (Fsp3) is 0.455. The van der Waals surface area contributed by atoms with Crippen molar-refractivity contribution in [3.8, 4) is 11.8 Å². The van der Waals surface area contributed by atoms with Gasteiger partial charge in [-0.15, -0.1) is 0 Å². The van der Waals surface area contributed by atoms with E-state index in [2.05, 4.69) is 11.0 Å². The van der Waals surface area contributed by atoms with Crippen molar-refractivity contribution in [2.45, 2.75) is 38.1 Å². The Morgan fingerprint density at radius 3 is 2.85 bits per heavy atom. The van der Waals surface area contributed by atoms with E-state index in [0.29, 0.717) is 6.42 Å². The van der Waals surface area contributed by atoms with E-state index in [1.807, 2.05) is 30.3 Å². The molecule has 1 saturated carbocycles. The van der Waals surface area contributed by atoms with E-state index in [0.717, 1.165) is 59.6 Å². The van der Waals surface area contributed by atoms with Gasteiger partial charge in [0.25, 0.3) is 0 Å². The Morgan fingerprint density at radius 1 is 1.27 bits per heavy atom. The maximum absolute atomic E-state index is 13.1. The molecule has 2 aromatic carbocycles. The van der Waals surface area contributed by atoms with Crippen LogP contribution in [0.5, 0.6) is 5.75 Å². The van der Waals surface area contributed by atoms with Crippen LogP contribution in [0.2, 0.25) is 0 Å². The number of hydrogen-bond acceptors (Lipinski definition) is 4. The van der Waals surface area contributed by atoms with Crippen LogP contribution in [0.1, 0.15) is 41.6 Å². The highest BCUT2D eigenvalue weighted by Crippen LogP contribution is 2.33. The van der Waals surface area contributed by atoms with Gasteiger partial charge in [-0.05, 0) is 55.1 Å². The Bertz CT molecular complexity index is 880. The van der Waals surface area contributed by atoms with Gasteiger partial charge in [-0.1, -0.05) is 18.2 Å². The lowest BCUT2D eigenvalue weighted by atomic mass is 9.88. The maximum atomic E-state index is 13.1. The summed E-state index contributed by atoms with van der Waals surface area (Å²) in [6.45, 7) is 2.05. The lowest BCUT2D eigenvalue weighted by Crippen LogP contribution is -2.39. The average Bonchev–Trinajstić information content (AvgIpc) is 3.53. The third-order valence-electron chi connectivity index (χ3n) is 5.74. The molecule has 1 saturated heterocycles. The van der Waals surface area contributed by atoms with Gasteiger partial charge in [0.1, 0.15) is 5.75 Å². The predicted molar refractivity (Wildman–Crippen MR) is 101 cm³/mol. The summed E-state index contributed by atoms with van der Waals surface area (Å²) in [6.07, 6.45) is 4.99. The highest BCUT2D eigenvalue weighted by Gasteiger charge is 2.34. The zero-order chi connectivity index (χ0) is 18.1. The molecule has 1 aliphatic carbocycles. The van der Waals surface area contributed by atoms with Crippen molar-refractivity contribution in [1.82, 2.24) is 4.90 Å². The molecule has 0 radical (unpaired) electrons. The minimum absolute atomic E-state index is 0.110. The molecule has 26 heavy (non-hydrogen) atoms. The lowest BCUT2D eigenvalue weighted by Gasteiger charge is -2.32. The Morgan fingerprint density at radius 2 is 2.12 bits per heavy atom. The van der Waals surface area contributed by atoms with E-state index >= 15 is 0 Å². The number of ketones is 1. The number of methoxy groups -OCH3 is 1. The van der Waals surface area contributed by atoms with E-state index in [1.54, 1.807) is 7.11 Å². The number of benzene rings is 2. The van der Waals surface area contributed by atoms with Crippen molar-refractivity contribution in [2.75, 3.05) is 20.2 Å². The average molecular weight is 348 g/mol. The fourth-order valence-corrected chi connectivity index (χ4v) is 4.21. The number of likely N-dealkylation sites (tertiary alicyclic amines) is 1. The smallest absolute Gasteiger partial charge is 0.167 e. The molecule has 2 fully saturated rings. The quantitative estimate of drug-likeness (QED) is 0.767. The number of carbonyl (C=O) groups is 1. The Hall–Kier alpha value is -2.38. The van der Waals surface area contributed by atoms with Gasteiger partial charge in [-0.3, -0.25) is 9.69 Å². The summed E-state index contributed by atoms with van der Waals surface area (Å²) in [5.41, 5.74) is 1.68. The first-order valence-corrected chi connectivity index (χ1v) is 9.46. The van der Waals surface area contributed by atoms with Crippen LogP contribution in [-0.2, 0) is 6.42 Å². The van der Waals surface area contributed by atoms with Gasteiger partial charge >= 0.3 is 0 Å². The zero-order valence-electron chi connectivity index (χ0n) is 15.2. The second kappa shape index (κ2) is 7.09. The minimum atomic E-state index is 0.110. The molecule has 0 unspecified atom stereocenters. The molecule has 1 atom stereocenters. The summed E-state index contributed by atoms with van der Waals surface area (Å²) in [4.78, 5) is 15.6. The standard InChI is InChI=1S/C22H24N2O2/c1-26-21-9-5-15-13-16(4-8-19(15)20(21)10-11-23)22(25)17-3-2-12-24(14-17)18-6-7-18/h4-5,8-9,13,17-18H,2-3,6-7,10,12,14H2,1H3/t17-/m0/s1. The predicted octanol–water partition coefficient (Wildman–Crippen LogP) is 3.97. The number of Topliss-reactive ketones (excluding diaryl/α,β-unsaturated/α-hetero) is 1. The largest absolute Gasteiger partial charge is 0.496 e. The lowest BCUT2D eigenvalue weighted by molar-refractivity contribution is 0.0811. The molecule has 4 heteroatoms. The first-order chi connectivity index (χ1) is 12.7. The van der Waals surface area contributed by atoms with E-state index < -0.39 is 0 Å². The van der Waals surface area contributed by atoms with Crippen molar-refractivity contribution >= 4 is 16.6 Å². The van der Waals surface area contributed by atoms with E-state index in [1.165, 1.54) is 12.8 Å². The molecule has 2 aliphatic rings. The second-order valence-electron chi connectivity index (χ2n) is 7.45. The van der Waals surface area contributed by atoms with Crippen LogP contribution in [0.15, 0.2) is 30.3 Å². The van der Waals surface area contributed by atoms with Crippen LogP contribution >= 0.6 is 0 Å². The molecule has 0 spiro atoms. The van der Waals surface area contributed by atoms with Crippen LogP contribution in [-0.4, -0.2) is 36.9 Å². The molecule has 0 bridgehead atoms. The second-order valence-corrected chi connectivity index (χ2v) is 7.45. The first kappa shape index (κ1) is 17.1.